The number of amides is 1. The molecule has 0 aromatic heterocycles. The highest BCUT2D eigenvalue weighted by atomic mass is 16.2. The van der Waals surface area contributed by atoms with E-state index < -0.39 is 0 Å². The number of nitrogens with zero attached hydrogens (tertiary/aromatic N) is 2. The smallest absolute Gasteiger partial charge is 0.238 e. The highest BCUT2D eigenvalue weighted by Gasteiger charge is 2.22. The molecule has 5 heteroatoms. The number of nitrogens with two attached hydrogens (primary N) is 1. The number of anilines is 2. The van der Waals surface area contributed by atoms with Crippen LogP contribution >= 0.6 is 0 Å². The van der Waals surface area contributed by atoms with Gasteiger partial charge in [-0.25, -0.2) is 0 Å². The highest BCUT2D eigenvalue weighted by molar-refractivity contribution is 5.92. The lowest BCUT2D eigenvalue weighted by atomic mass is 10.1. The van der Waals surface area contributed by atoms with Crippen molar-refractivity contribution < 1.29 is 4.79 Å². The Balaban J connectivity index is 1.87. The van der Waals surface area contributed by atoms with Crippen LogP contribution in [-0.4, -0.2) is 55.5 Å². The molecular formula is C16H26N4O. The third kappa shape index (κ3) is 4.44. The fraction of sp³-hybridized carbons (Fsp3) is 0.562. The normalized spacial score (nSPS) is 19.7. The van der Waals surface area contributed by atoms with Crippen molar-refractivity contribution >= 4 is 17.3 Å². The topological polar surface area (TPSA) is 61.6 Å². The highest BCUT2D eigenvalue weighted by Crippen LogP contribution is 2.17. The first kappa shape index (κ1) is 15.8. The number of carbonyl (C=O) groups excluding carboxylic acids is 1. The molecule has 1 heterocycles. The first-order valence-corrected chi connectivity index (χ1v) is 7.50. The fourth-order valence-electron chi connectivity index (χ4n) is 2.77. The monoisotopic (exact) mass is 290 g/mol. The van der Waals surface area contributed by atoms with E-state index in [-0.39, 0.29) is 5.91 Å². The maximum Gasteiger partial charge on any atom is 0.238 e. The molecule has 0 bridgehead atoms. The molecule has 2 rings (SSSR count). The van der Waals surface area contributed by atoms with Crippen molar-refractivity contribution in [2.24, 2.45) is 0 Å². The van der Waals surface area contributed by atoms with Gasteiger partial charge in [-0.1, -0.05) is 6.07 Å². The zero-order chi connectivity index (χ0) is 15.4. The molecule has 3 N–H and O–H groups in total. The SMILES string of the molecule is Cc1ccc(NC(=O)CN(C)C2CCCN(C)C2)cc1N. The van der Waals surface area contributed by atoms with Gasteiger partial charge >= 0.3 is 0 Å². The minimum Gasteiger partial charge on any atom is -0.398 e. The molecule has 0 saturated carbocycles. The van der Waals surface area contributed by atoms with Crippen molar-refractivity contribution in [3.05, 3.63) is 23.8 Å². The van der Waals surface area contributed by atoms with E-state index in [9.17, 15) is 4.79 Å². The molecule has 0 aliphatic carbocycles. The zero-order valence-electron chi connectivity index (χ0n) is 13.2. The molecule has 116 valence electrons. The number of nitrogens with one attached hydrogen (secondary N) is 1. The van der Waals surface area contributed by atoms with Crippen molar-refractivity contribution in [2.75, 3.05) is 44.8 Å². The number of nitrogen functional groups attached to an aromatic ring is 1. The second-order valence-corrected chi connectivity index (χ2v) is 6.09. The number of aryl methyl sites for hydroxylation is 1. The van der Waals surface area contributed by atoms with Crippen LogP contribution in [0.3, 0.4) is 0 Å². The standard InChI is InChI=1S/C16H26N4O/c1-12-6-7-13(9-15(12)17)18-16(21)11-20(3)14-5-4-8-19(2)10-14/h6-7,9,14H,4-5,8,10-11,17H2,1-3H3,(H,18,21). The molecule has 1 amide bonds. The Morgan fingerprint density at radius 2 is 2.29 bits per heavy atom. The van der Waals surface area contributed by atoms with Crippen molar-refractivity contribution in [3.63, 3.8) is 0 Å². The number of likely N-dealkylation sites (N-methyl/N-ethyl adjacent to an activating group) is 2. The number of rotatable bonds is 4. The lowest BCUT2D eigenvalue weighted by Gasteiger charge is -2.35. The first-order valence-electron chi connectivity index (χ1n) is 7.50. The maximum absolute atomic E-state index is 12.1. The minimum absolute atomic E-state index is 0.00831. The fourth-order valence-corrected chi connectivity index (χ4v) is 2.77. The minimum atomic E-state index is 0.00831. The largest absolute Gasteiger partial charge is 0.398 e. The van der Waals surface area contributed by atoms with Crippen LogP contribution in [-0.2, 0) is 4.79 Å². The summed E-state index contributed by atoms with van der Waals surface area (Å²) in [5.74, 6) is 0.00831. The molecule has 1 saturated heterocycles. The predicted molar refractivity (Wildman–Crippen MR) is 87.4 cm³/mol. The van der Waals surface area contributed by atoms with E-state index in [4.69, 9.17) is 5.73 Å². The molecule has 0 radical (unpaired) electrons. The Kier molecular flexibility index (Phi) is 5.20. The van der Waals surface area contributed by atoms with E-state index in [1.165, 1.54) is 6.42 Å². The molecule has 1 aliphatic rings. The summed E-state index contributed by atoms with van der Waals surface area (Å²) < 4.78 is 0. The Morgan fingerprint density at radius 3 is 2.95 bits per heavy atom. The van der Waals surface area contributed by atoms with Gasteiger partial charge in [-0.3, -0.25) is 9.69 Å². The van der Waals surface area contributed by atoms with Crippen molar-refractivity contribution in [3.8, 4) is 0 Å². The first-order chi connectivity index (χ1) is 9.95. The Labute approximate surface area is 127 Å². The van der Waals surface area contributed by atoms with Gasteiger partial charge in [0, 0.05) is 24.0 Å². The van der Waals surface area contributed by atoms with Crippen LogP contribution in [0.15, 0.2) is 18.2 Å². The second-order valence-electron chi connectivity index (χ2n) is 6.09. The summed E-state index contributed by atoms with van der Waals surface area (Å²) in [6.07, 6.45) is 2.35. The quantitative estimate of drug-likeness (QED) is 0.826. The van der Waals surface area contributed by atoms with E-state index in [0.29, 0.717) is 18.3 Å². The van der Waals surface area contributed by atoms with Gasteiger partial charge in [-0.15, -0.1) is 0 Å². The van der Waals surface area contributed by atoms with Gasteiger partial charge < -0.3 is 16.0 Å². The molecule has 1 aromatic rings. The lowest BCUT2D eigenvalue weighted by Crippen LogP contribution is -2.47. The van der Waals surface area contributed by atoms with E-state index in [1.807, 2.05) is 32.2 Å². The summed E-state index contributed by atoms with van der Waals surface area (Å²) in [6.45, 7) is 4.54. The van der Waals surface area contributed by atoms with E-state index in [1.54, 1.807) is 0 Å². The lowest BCUT2D eigenvalue weighted by molar-refractivity contribution is -0.117. The average Bonchev–Trinajstić information content (AvgIpc) is 2.43. The van der Waals surface area contributed by atoms with Crippen molar-refractivity contribution in [1.29, 1.82) is 0 Å². The van der Waals surface area contributed by atoms with Crippen LogP contribution in [0.5, 0.6) is 0 Å². The van der Waals surface area contributed by atoms with E-state index in [2.05, 4.69) is 22.2 Å². The molecule has 1 atom stereocenters. The number of carbonyl (C=O) groups is 1. The summed E-state index contributed by atoms with van der Waals surface area (Å²) in [6, 6.07) is 6.07. The van der Waals surface area contributed by atoms with Crippen LogP contribution in [0.4, 0.5) is 11.4 Å². The van der Waals surface area contributed by atoms with Gasteiger partial charge in [0.25, 0.3) is 0 Å². The number of hydrogen-bond donors (Lipinski definition) is 2. The number of benzene rings is 1. The van der Waals surface area contributed by atoms with Gasteiger partial charge in [0.15, 0.2) is 0 Å². The van der Waals surface area contributed by atoms with Crippen LogP contribution in [0.2, 0.25) is 0 Å². The maximum atomic E-state index is 12.1. The van der Waals surface area contributed by atoms with Crippen LogP contribution in [0.1, 0.15) is 18.4 Å². The zero-order valence-corrected chi connectivity index (χ0v) is 13.2. The predicted octanol–water partition coefficient (Wildman–Crippen LogP) is 1.54. The van der Waals surface area contributed by atoms with Gasteiger partial charge in [0.1, 0.15) is 0 Å². The van der Waals surface area contributed by atoms with E-state index in [0.717, 1.165) is 30.8 Å². The molecule has 1 aliphatic heterocycles. The Morgan fingerprint density at radius 1 is 1.52 bits per heavy atom. The van der Waals surface area contributed by atoms with Gasteiger partial charge in [0.2, 0.25) is 5.91 Å². The van der Waals surface area contributed by atoms with Gasteiger partial charge in [-0.2, -0.15) is 0 Å². The summed E-state index contributed by atoms with van der Waals surface area (Å²) in [4.78, 5) is 16.6. The van der Waals surface area contributed by atoms with Crippen molar-refractivity contribution in [2.45, 2.75) is 25.8 Å². The second kappa shape index (κ2) is 6.91. The van der Waals surface area contributed by atoms with Gasteiger partial charge in [-0.05, 0) is 58.1 Å². The summed E-state index contributed by atoms with van der Waals surface area (Å²) in [5.41, 5.74) is 8.35. The Bertz CT molecular complexity index is 503. The van der Waals surface area contributed by atoms with Gasteiger partial charge in [0.05, 0.1) is 6.54 Å². The molecule has 0 spiro atoms. The molecule has 1 aromatic carbocycles. The third-order valence-electron chi connectivity index (χ3n) is 4.18. The summed E-state index contributed by atoms with van der Waals surface area (Å²) in [5, 5.41) is 2.92. The number of hydrogen-bond acceptors (Lipinski definition) is 4. The van der Waals surface area contributed by atoms with Crippen LogP contribution < -0.4 is 11.1 Å². The Hall–Kier alpha value is -1.59. The number of likely N-dealkylation sites (tertiary alicyclic amines) is 1. The van der Waals surface area contributed by atoms with Crippen molar-refractivity contribution in [1.82, 2.24) is 9.80 Å². The number of piperidine rings is 1. The summed E-state index contributed by atoms with van der Waals surface area (Å²) >= 11 is 0. The van der Waals surface area contributed by atoms with Crippen LogP contribution in [0, 0.1) is 6.92 Å². The molecular weight excluding hydrogens is 264 g/mol. The van der Waals surface area contributed by atoms with Crippen LogP contribution in [0.25, 0.3) is 0 Å². The molecule has 5 nitrogen and oxygen atoms in total. The molecule has 1 unspecified atom stereocenters. The third-order valence-corrected chi connectivity index (χ3v) is 4.18. The van der Waals surface area contributed by atoms with E-state index >= 15 is 0 Å². The molecule has 1 fully saturated rings. The summed E-state index contributed by atoms with van der Waals surface area (Å²) in [7, 11) is 4.15. The average molecular weight is 290 g/mol. The molecule has 21 heavy (non-hydrogen) atoms.